The number of aliphatic hydroxyl groups is 1. The SMILES string of the molecule is O=C(NCc1ccco1)C(=O)NCC(O)c1ccc(-c2ccco2)cc1. The fraction of sp³-hybridized carbons (Fsp3) is 0.158. The van der Waals surface area contributed by atoms with Crippen LogP contribution in [-0.2, 0) is 16.1 Å². The van der Waals surface area contributed by atoms with Gasteiger partial charge in [0.15, 0.2) is 0 Å². The molecule has 0 saturated carbocycles. The molecule has 26 heavy (non-hydrogen) atoms. The van der Waals surface area contributed by atoms with E-state index in [2.05, 4.69) is 10.6 Å². The van der Waals surface area contributed by atoms with Crippen molar-refractivity contribution < 1.29 is 23.5 Å². The molecule has 0 aliphatic heterocycles. The van der Waals surface area contributed by atoms with Gasteiger partial charge in [-0.15, -0.1) is 0 Å². The number of hydrogen-bond donors (Lipinski definition) is 3. The molecule has 134 valence electrons. The summed E-state index contributed by atoms with van der Waals surface area (Å²) in [6.45, 7) is 0.0448. The molecule has 0 spiro atoms. The number of carbonyl (C=O) groups is 2. The van der Waals surface area contributed by atoms with Crippen LogP contribution in [0.5, 0.6) is 0 Å². The Morgan fingerprint density at radius 3 is 2.27 bits per heavy atom. The van der Waals surface area contributed by atoms with Crippen molar-refractivity contribution in [1.82, 2.24) is 10.6 Å². The molecule has 3 aromatic rings. The normalized spacial score (nSPS) is 11.7. The zero-order chi connectivity index (χ0) is 18.4. The van der Waals surface area contributed by atoms with Gasteiger partial charge < -0.3 is 24.6 Å². The van der Waals surface area contributed by atoms with E-state index in [1.54, 1.807) is 36.6 Å². The lowest BCUT2D eigenvalue weighted by Crippen LogP contribution is -2.41. The Morgan fingerprint density at radius 2 is 1.62 bits per heavy atom. The summed E-state index contributed by atoms with van der Waals surface area (Å²) in [5.74, 6) is -0.333. The van der Waals surface area contributed by atoms with Crippen molar-refractivity contribution in [3.63, 3.8) is 0 Å². The Hall–Kier alpha value is -3.32. The van der Waals surface area contributed by atoms with Crippen LogP contribution in [0.4, 0.5) is 0 Å². The minimum Gasteiger partial charge on any atom is -0.467 e. The van der Waals surface area contributed by atoms with E-state index in [1.807, 2.05) is 18.2 Å². The number of amides is 2. The zero-order valence-electron chi connectivity index (χ0n) is 13.8. The molecule has 0 aliphatic rings. The standard InChI is InChI=1S/C19H18N2O5/c22-16(13-5-7-14(8-6-13)17-4-2-10-26-17)12-21-19(24)18(23)20-11-15-3-1-9-25-15/h1-10,16,22H,11-12H2,(H,20,23)(H,21,24). The van der Waals surface area contributed by atoms with E-state index < -0.39 is 17.9 Å². The van der Waals surface area contributed by atoms with Gasteiger partial charge in [0.25, 0.3) is 0 Å². The predicted molar refractivity (Wildman–Crippen MR) is 92.7 cm³/mol. The summed E-state index contributed by atoms with van der Waals surface area (Å²) in [7, 11) is 0. The lowest BCUT2D eigenvalue weighted by Gasteiger charge is -2.12. The quantitative estimate of drug-likeness (QED) is 0.587. The van der Waals surface area contributed by atoms with Gasteiger partial charge in [0.2, 0.25) is 0 Å². The molecule has 2 heterocycles. The average Bonchev–Trinajstić information content (AvgIpc) is 3.37. The Bertz CT molecular complexity index is 839. The Morgan fingerprint density at radius 1 is 0.923 bits per heavy atom. The summed E-state index contributed by atoms with van der Waals surface area (Å²) in [6.07, 6.45) is 2.14. The third-order valence-corrected chi connectivity index (χ3v) is 3.77. The molecule has 7 heteroatoms. The van der Waals surface area contributed by atoms with Crippen LogP contribution in [0.1, 0.15) is 17.4 Å². The number of aliphatic hydroxyl groups excluding tert-OH is 1. The van der Waals surface area contributed by atoms with Crippen LogP contribution in [0.3, 0.4) is 0 Å². The van der Waals surface area contributed by atoms with Crippen LogP contribution in [0, 0.1) is 0 Å². The molecule has 3 rings (SSSR count). The van der Waals surface area contributed by atoms with E-state index >= 15 is 0 Å². The fourth-order valence-corrected chi connectivity index (χ4v) is 2.36. The van der Waals surface area contributed by atoms with Gasteiger partial charge in [0, 0.05) is 12.1 Å². The van der Waals surface area contributed by atoms with Gasteiger partial charge in [-0.3, -0.25) is 9.59 Å². The van der Waals surface area contributed by atoms with Gasteiger partial charge in [-0.05, 0) is 29.8 Å². The van der Waals surface area contributed by atoms with Crippen LogP contribution < -0.4 is 10.6 Å². The first-order chi connectivity index (χ1) is 12.6. The lowest BCUT2D eigenvalue weighted by molar-refractivity contribution is -0.139. The topological polar surface area (TPSA) is 105 Å². The summed E-state index contributed by atoms with van der Waals surface area (Å²) < 4.78 is 10.4. The molecule has 0 aliphatic carbocycles. The van der Waals surface area contributed by atoms with Crippen LogP contribution in [0.2, 0.25) is 0 Å². The second-order valence-corrected chi connectivity index (χ2v) is 5.59. The van der Waals surface area contributed by atoms with E-state index in [0.717, 1.165) is 11.3 Å². The molecule has 1 atom stereocenters. The summed E-state index contributed by atoms with van der Waals surface area (Å²) in [4.78, 5) is 23.5. The number of rotatable bonds is 6. The maximum Gasteiger partial charge on any atom is 0.309 e. The largest absolute Gasteiger partial charge is 0.467 e. The van der Waals surface area contributed by atoms with Crippen molar-refractivity contribution in [2.45, 2.75) is 12.6 Å². The van der Waals surface area contributed by atoms with E-state index in [1.165, 1.54) is 6.26 Å². The highest BCUT2D eigenvalue weighted by molar-refractivity contribution is 6.35. The molecule has 1 aromatic carbocycles. The van der Waals surface area contributed by atoms with Crippen molar-refractivity contribution >= 4 is 11.8 Å². The van der Waals surface area contributed by atoms with Crippen LogP contribution in [0.25, 0.3) is 11.3 Å². The van der Waals surface area contributed by atoms with Crippen LogP contribution >= 0.6 is 0 Å². The summed E-state index contributed by atoms with van der Waals surface area (Å²) >= 11 is 0. The van der Waals surface area contributed by atoms with Gasteiger partial charge >= 0.3 is 11.8 Å². The fourth-order valence-electron chi connectivity index (χ4n) is 2.36. The average molecular weight is 354 g/mol. The van der Waals surface area contributed by atoms with Crippen molar-refractivity contribution in [3.05, 3.63) is 72.4 Å². The number of nitrogens with one attached hydrogen (secondary N) is 2. The molecule has 1 unspecified atom stereocenters. The highest BCUT2D eigenvalue weighted by atomic mass is 16.3. The molecule has 0 fully saturated rings. The first-order valence-corrected chi connectivity index (χ1v) is 8.04. The third-order valence-electron chi connectivity index (χ3n) is 3.77. The molecule has 7 nitrogen and oxygen atoms in total. The van der Waals surface area contributed by atoms with E-state index in [-0.39, 0.29) is 13.1 Å². The highest BCUT2D eigenvalue weighted by Crippen LogP contribution is 2.22. The van der Waals surface area contributed by atoms with Crippen LogP contribution in [0.15, 0.2) is 69.9 Å². The third kappa shape index (κ3) is 4.40. The first-order valence-electron chi connectivity index (χ1n) is 8.04. The number of hydrogen-bond acceptors (Lipinski definition) is 5. The Kier molecular flexibility index (Phi) is 5.50. The summed E-state index contributed by atoms with van der Waals surface area (Å²) in [5, 5.41) is 15.0. The summed E-state index contributed by atoms with van der Waals surface area (Å²) in [5.41, 5.74) is 1.50. The van der Waals surface area contributed by atoms with E-state index in [9.17, 15) is 14.7 Å². The molecule has 0 bridgehead atoms. The van der Waals surface area contributed by atoms with Gasteiger partial charge in [0.1, 0.15) is 11.5 Å². The molecule has 3 N–H and O–H groups in total. The molecule has 2 aromatic heterocycles. The molecule has 2 amide bonds. The van der Waals surface area contributed by atoms with Crippen molar-refractivity contribution in [2.75, 3.05) is 6.54 Å². The summed E-state index contributed by atoms with van der Waals surface area (Å²) in [6, 6.07) is 14.1. The minimum absolute atomic E-state index is 0.0763. The molecule has 0 saturated heterocycles. The number of benzene rings is 1. The maximum absolute atomic E-state index is 11.8. The predicted octanol–water partition coefficient (Wildman–Crippen LogP) is 2.01. The second kappa shape index (κ2) is 8.17. The van der Waals surface area contributed by atoms with Crippen molar-refractivity contribution in [3.8, 4) is 11.3 Å². The van der Waals surface area contributed by atoms with Gasteiger partial charge in [-0.1, -0.05) is 24.3 Å². The Labute approximate surface area is 149 Å². The number of furan rings is 2. The number of carbonyl (C=O) groups excluding carboxylic acids is 2. The maximum atomic E-state index is 11.8. The first kappa shape index (κ1) is 17.5. The molecular weight excluding hydrogens is 336 g/mol. The van der Waals surface area contributed by atoms with E-state index in [0.29, 0.717) is 11.3 Å². The monoisotopic (exact) mass is 354 g/mol. The molecule has 0 radical (unpaired) electrons. The van der Waals surface area contributed by atoms with Gasteiger partial charge in [0.05, 0.1) is 25.2 Å². The van der Waals surface area contributed by atoms with Crippen molar-refractivity contribution in [2.24, 2.45) is 0 Å². The van der Waals surface area contributed by atoms with Crippen LogP contribution in [-0.4, -0.2) is 23.5 Å². The zero-order valence-corrected chi connectivity index (χ0v) is 13.8. The minimum atomic E-state index is -0.928. The molecular formula is C19H18N2O5. The smallest absolute Gasteiger partial charge is 0.309 e. The van der Waals surface area contributed by atoms with Gasteiger partial charge in [-0.25, -0.2) is 0 Å². The van der Waals surface area contributed by atoms with E-state index in [4.69, 9.17) is 8.83 Å². The van der Waals surface area contributed by atoms with Gasteiger partial charge in [-0.2, -0.15) is 0 Å². The Balaban J connectivity index is 1.47. The second-order valence-electron chi connectivity index (χ2n) is 5.59. The van der Waals surface area contributed by atoms with Crippen molar-refractivity contribution in [1.29, 1.82) is 0 Å². The lowest BCUT2D eigenvalue weighted by atomic mass is 10.1. The highest BCUT2D eigenvalue weighted by Gasteiger charge is 2.16.